The van der Waals surface area contributed by atoms with Crippen molar-refractivity contribution in [2.24, 2.45) is 4.36 Å². The smallest absolute Gasteiger partial charge is 0.214 e. The number of hydrogen-bond donors (Lipinski definition) is 0. The Morgan fingerprint density at radius 1 is 1.85 bits per heavy atom. The third kappa shape index (κ3) is 3.13. The molecule has 13 heavy (non-hydrogen) atoms. The minimum absolute atomic E-state index is 0.312. The van der Waals surface area contributed by atoms with Crippen molar-refractivity contribution in [2.45, 2.75) is 12.7 Å². The lowest BCUT2D eigenvalue weighted by Crippen LogP contribution is -1.98. The minimum Gasteiger partial charge on any atom is -0.250 e. The predicted molar refractivity (Wildman–Crippen MR) is 52.7 cm³/mol. The number of nitrogens with zero attached hydrogens (tertiary/aromatic N) is 3. The number of nitriles is 1. The summed E-state index contributed by atoms with van der Waals surface area (Å²) in [6.07, 6.45) is 4.72. The molecule has 0 aliphatic carbocycles. The fourth-order valence-electron chi connectivity index (χ4n) is 0.855. The lowest BCUT2D eigenvalue weighted by molar-refractivity contribution is 0.680. The molecule has 0 N–H and O–H groups in total. The molecule has 0 aliphatic heterocycles. The van der Waals surface area contributed by atoms with Gasteiger partial charge in [-0.15, -0.1) is 15.7 Å². The van der Waals surface area contributed by atoms with Gasteiger partial charge in [-0.3, -0.25) is 0 Å². The molecule has 0 bridgehead atoms. The number of hydrogen-bond acceptors (Lipinski definition) is 5. The Balaban J connectivity index is 2.89. The maximum atomic E-state index is 11.6. The second-order valence-corrected chi connectivity index (χ2v) is 6.35. The molecule has 6 heteroatoms. The van der Waals surface area contributed by atoms with Gasteiger partial charge in [0.15, 0.2) is 0 Å². The molecule has 0 aliphatic rings. The van der Waals surface area contributed by atoms with Gasteiger partial charge in [0.2, 0.25) is 6.19 Å². The first-order valence-electron chi connectivity index (χ1n) is 3.53. The first-order valence-corrected chi connectivity index (χ1v) is 6.43. The molecule has 1 unspecified atom stereocenters. The van der Waals surface area contributed by atoms with Gasteiger partial charge in [-0.2, -0.15) is 5.26 Å². The molecule has 0 aromatic carbocycles. The fraction of sp³-hybridized carbons (Fsp3) is 0.429. The van der Waals surface area contributed by atoms with Crippen molar-refractivity contribution in [3.63, 3.8) is 0 Å². The van der Waals surface area contributed by atoms with Gasteiger partial charge in [0, 0.05) is 17.3 Å². The van der Waals surface area contributed by atoms with Crippen LogP contribution >= 0.6 is 11.3 Å². The Morgan fingerprint density at radius 3 is 3.00 bits per heavy atom. The molecular weight excluding hydrogens is 206 g/mol. The Hall–Kier alpha value is -0.930. The maximum Gasteiger partial charge on any atom is 0.214 e. The Morgan fingerprint density at radius 2 is 2.54 bits per heavy atom. The summed E-state index contributed by atoms with van der Waals surface area (Å²) in [5, 5.41) is 9.21. The van der Waals surface area contributed by atoms with E-state index in [1.165, 1.54) is 17.6 Å². The molecule has 4 nitrogen and oxygen atoms in total. The summed E-state index contributed by atoms with van der Waals surface area (Å²) in [5.41, 5.74) is 0. The van der Waals surface area contributed by atoms with E-state index in [2.05, 4.69) is 9.35 Å². The lowest BCUT2D eigenvalue weighted by Gasteiger charge is -1.96. The molecule has 0 spiro atoms. The SMILES string of the molecule is Cc1ncc(CS(C)(=O)=NC#N)s1. The van der Waals surface area contributed by atoms with E-state index in [1.54, 1.807) is 12.4 Å². The van der Waals surface area contributed by atoms with E-state index in [1.807, 2.05) is 6.92 Å². The van der Waals surface area contributed by atoms with Crippen molar-refractivity contribution < 1.29 is 4.21 Å². The van der Waals surface area contributed by atoms with Crippen LogP contribution in [0.15, 0.2) is 10.6 Å². The van der Waals surface area contributed by atoms with E-state index in [0.717, 1.165) is 9.88 Å². The second kappa shape index (κ2) is 3.85. The molecule has 0 amide bonds. The summed E-state index contributed by atoms with van der Waals surface area (Å²) in [6.45, 7) is 1.88. The lowest BCUT2D eigenvalue weighted by atomic mass is 10.6. The average molecular weight is 215 g/mol. The van der Waals surface area contributed by atoms with Crippen LogP contribution < -0.4 is 0 Å². The molecule has 1 aromatic rings. The van der Waals surface area contributed by atoms with Crippen LogP contribution in [0, 0.1) is 18.4 Å². The fourth-order valence-corrected chi connectivity index (χ4v) is 3.18. The number of aromatic nitrogens is 1. The highest BCUT2D eigenvalue weighted by atomic mass is 32.2. The highest BCUT2D eigenvalue weighted by Crippen LogP contribution is 2.15. The van der Waals surface area contributed by atoms with Crippen molar-refractivity contribution in [3.8, 4) is 6.19 Å². The van der Waals surface area contributed by atoms with E-state index in [9.17, 15) is 4.21 Å². The third-order valence-electron chi connectivity index (χ3n) is 1.31. The molecule has 1 aromatic heterocycles. The summed E-state index contributed by atoms with van der Waals surface area (Å²) in [6, 6.07) is 0. The van der Waals surface area contributed by atoms with Crippen molar-refractivity contribution in [3.05, 3.63) is 16.1 Å². The van der Waals surface area contributed by atoms with E-state index in [4.69, 9.17) is 5.26 Å². The van der Waals surface area contributed by atoms with Crippen LogP contribution in [0.5, 0.6) is 0 Å². The maximum absolute atomic E-state index is 11.6. The molecule has 70 valence electrons. The van der Waals surface area contributed by atoms with Crippen molar-refractivity contribution >= 4 is 21.1 Å². The zero-order chi connectivity index (χ0) is 9.90. The normalized spacial score (nSPS) is 14.5. The first kappa shape index (κ1) is 10.2. The van der Waals surface area contributed by atoms with Crippen LogP contribution in [-0.2, 0) is 15.5 Å². The zero-order valence-corrected chi connectivity index (χ0v) is 8.98. The van der Waals surface area contributed by atoms with E-state index in [-0.39, 0.29) is 0 Å². The molecule has 0 radical (unpaired) electrons. The van der Waals surface area contributed by atoms with E-state index in [0.29, 0.717) is 5.75 Å². The van der Waals surface area contributed by atoms with Gasteiger partial charge >= 0.3 is 0 Å². The summed E-state index contributed by atoms with van der Waals surface area (Å²) < 4.78 is 14.9. The van der Waals surface area contributed by atoms with Gasteiger partial charge in [-0.25, -0.2) is 9.19 Å². The highest BCUT2D eigenvalue weighted by Gasteiger charge is 2.05. The number of thiazole rings is 1. The largest absolute Gasteiger partial charge is 0.250 e. The second-order valence-electron chi connectivity index (χ2n) is 2.64. The standard InChI is InChI=1S/C7H9N3OS2/c1-6-9-3-7(12-6)4-13(2,11)10-5-8/h3H,4H2,1-2H3. The Kier molecular flexibility index (Phi) is 3.01. The van der Waals surface area contributed by atoms with Crippen LogP contribution in [0.3, 0.4) is 0 Å². The molecule has 0 fully saturated rings. The quantitative estimate of drug-likeness (QED) is 0.703. The highest BCUT2D eigenvalue weighted by molar-refractivity contribution is 7.92. The van der Waals surface area contributed by atoms with Crippen molar-refractivity contribution in [1.82, 2.24) is 4.98 Å². The van der Waals surface area contributed by atoms with Gasteiger partial charge in [0.25, 0.3) is 0 Å². The van der Waals surface area contributed by atoms with Crippen LogP contribution in [0.1, 0.15) is 9.88 Å². The third-order valence-corrected chi connectivity index (χ3v) is 3.72. The van der Waals surface area contributed by atoms with Gasteiger partial charge in [0.05, 0.1) is 20.5 Å². The summed E-state index contributed by atoms with van der Waals surface area (Å²) in [7, 11) is -2.39. The molecule has 1 atom stereocenters. The van der Waals surface area contributed by atoms with E-state index >= 15 is 0 Å². The van der Waals surface area contributed by atoms with Crippen molar-refractivity contribution in [1.29, 1.82) is 5.26 Å². The van der Waals surface area contributed by atoms with E-state index < -0.39 is 9.73 Å². The molecule has 0 saturated heterocycles. The van der Waals surface area contributed by atoms with Gasteiger partial charge in [-0.05, 0) is 6.92 Å². The van der Waals surface area contributed by atoms with Gasteiger partial charge < -0.3 is 0 Å². The Bertz CT molecular complexity index is 449. The molecule has 1 rings (SSSR count). The monoisotopic (exact) mass is 215 g/mol. The average Bonchev–Trinajstić information content (AvgIpc) is 2.34. The van der Waals surface area contributed by atoms with Gasteiger partial charge in [0.1, 0.15) is 0 Å². The summed E-state index contributed by atoms with van der Waals surface area (Å²) in [4.78, 5) is 4.94. The molecular formula is C7H9N3OS2. The number of rotatable bonds is 2. The predicted octanol–water partition coefficient (Wildman–Crippen LogP) is 1.53. The van der Waals surface area contributed by atoms with Crippen LogP contribution in [0.4, 0.5) is 0 Å². The Labute approximate surface area is 81.4 Å². The first-order chi connectivity index (χ1) is 6.03. The molecule has 1 heterocycles. The van der Waals surface area contributed by atoms with Crippen LogP contribution in [0.2, 0.25) is 0 Å². The zero-order valence-electron chi connectivity index (χ0n) is 7.35. The summed E-state index contributed by atoms with van der Waals surface area (Å²) in [5.74, 6) is 0.312. The van der Waals surface area contributed by atoms with Crippen LogP contribution in [-0.4, -0.2) is 15.4 Å². The molecule has 0 saturated carbocycles. The topological polar surface area (TPSA) is 66.1 Å². The van der Waals surface area contributed by atoms with Gasteiger partial charge in [-0.1, -0.05) is 0 Å². The summed E-state index contributed by atoms with van der Waals surface area (Å²) >= 11 is 1.48. The van der Waals surface area contributed by atoms with Crippen LogP contribution in [0.25, 0.3) is 0 Å². The van der Waals surface area contributed by atoms with Crippen molar-refractivity contribution in [2.75, 3.05) is 6.26 Å². The minimum atomic E-state index is -2.39. The number of aryl methyl sites for hydroxylation is 1.